The molecule has 0 bridgehead atoms. The van der Waals surface area contributed by atoms with Gasteiger partial charge in [0.15, 0.2) is 0 Å². The molecule has 2 rings (SSSR count). The van der Waals surface area contributed by atoms with E-state index in [4.69, 9.17) is 9.47 Å². The Morgan fingerprint density at radius 3 is 2.81 bits per heavy atom. The molecule has 4 heteroatoms. The van der Waals surface area contributed by atoms with E-state index in [0.717, 1.165) is 12.2 Å². The molecule has 0 radical (unpaired) electrons. The predicted octanol–water partition coefficient (Wildman–Crippen LogP) is 2.49. The van der Waals surface area contributed by atoms with E-state index in [1.807, 2.05) is 19.9 Å². The van der Waals surface area contributed by atoms with Gasteiger partial charge in [0, 0.05) is 6.42 Å². The van der Waals surface area contributed by atoms with Crippen molar-refractivity contribution in [3.05, 3.63) is 29.3 Å². The lowest BCUT2D eigenvalue weighted by Crippen LogP contribution is -2.51. The lowest BCUT2D eigenvalue weighted by molar-refractivity contribution is -0.148. The summed E-state index contributed by atoms with van der Waals surface area (Å²) in [6.45, 7) is 5.03. The van der Waals surface area contributed by atoms with Crippen LogP contribution in [0.5, 0.6) is 5.75 Å². The molecule has 0 fully saturated rings. The highest BCUT2D eigenvalue weighted by Gasteiger charge is 2.33. The summed E-state index contributed by atoms with van der Waals surface area (Å²) in [5, 5.41) is 3.18. The van der Waals surface area contributed by atoms with Crippen LogP contribution in [0.3, 0.4) is 0 Å². The van der Waals surface area contributed by atoms with Gasteiger partial charge >= 0.3 is 5.97 Å². The number of rotatable bonds is 7. The number of carbonyl (C=O) groups is 1. The van der Waals surface area contributed by atoms with Crippen molar-refractivity contribution < 1.29 is 14.3 Å². The summed E-state index contributed by atoms with van der Waals surface area (Å²) in [7, 11) is 1.42. The van der Waals surface area contributed by atoms with Crippen LogP contribution in [-0.4, -0.2) is 31.8 Å². The van der Waals surface area contributed by atoms with Gasteiger partial charge in [0.2, 0.25) is 0 Å². The van der Waals surface area contributed by atoms with E-state index in [-0.39, 0.29) is 5.97 Å². The first-order chi connectivity index (χ1) is 10.1. The third-order valence-electron chi connectivity index (χ3n) is 4.14. The fourth-order valence-electron chi connectivity index (χ4n) is 2.89. The second kappa shape index (κ2) is 6.94. The van der Waals surface area contributed by atoms with Gasteiger partial charge in [0.25, 0.3) is 0 Å². The molecule has 0 aromatic heterocycles. The molecule has 0 spiro atoms. The monoisotopic (exact) mass is 291 g/mol. The Morgan fingerprint density at radius 2 is 2.10 bits per heavy atom. The number of benzene rings is 1. The second-order valence-electron chi connectivity index (χ2n) is 5.74. The van der Waals surface area contributed by atoms with Crippen LogP contribution in [0.25, 0.3) is 0 Å². The van der Waals surface area contributed by atoms with E-state index < -0.39 is 5.54 Å². The van der Waals surface area contributed by atoms with Crippen LogP contribution in [0.15, 0.2) is 18.2 Å². The number of likely N-dealkylation sites (N-methyl/N-ethyl adjacent to an activating group) is 1. The van der Waals surface area contributed by atoms with E-state index >= 15 is 0 Å². The van der Waals surface area contributed by atoms with E-state index in [0.29, 0.717) is 19.6 Å². The molecule has 0 amide bonds. The average Bonchev–Trinajstić information content (AvgIpc) is 2.94. The zero-order valence-corrected chi connectivity index (χ0v) is 13.2. The molecule has 4 nitrogen and oxygen atoms in total. The standard InChI is InChI=1S/C17H25NO3/c1-4-18-17(2,16(19)20-3)10-11-21-15-9-8-13-6-5-7-14(13)12-15/h8-9,12,18H,4-7,10-11H2,1-3H3. The van der Waals surface area contributed by atoms with Crippen LogP contribution in [-0.2, 0) is 22.4 Å². The van der Waals surface area contributed by atoms with Crippen molar-refractivity contribution >= 4 is 5.97 Å². The molecule has 0 saturated heterocycles. The molecular weight excluding hydrogens is 266 g/mol. The van der Waals surface area contributed by atoms with Crippen LogP contribution in [0.1, 0.15) is 37.8 Å². The summed E-state index contributed by atoms with van der Waals surface area (Å²) < 4.78 is 10.7. The Hall–Kier alpha value is -1.55. The first kappa shape index (κ1) is 15.8. The highest BCUT2D eigenvalue weighted by molar-refractivity contribution is 5.80. The van der Waals surface area contributed by atoms with Crippen molar-refractivity contribution in [3.8, 4) is 5.75 Å². The summed E-state index contributed by atoms with van der Waals surface area (Å²) in [5.74, 6) is 0.640. The van der Waals surface area contributed by atoms with Gasteiger partial charge in [-0.25, -0.2) is 0 Å². The lowest BCUT2D eigenvalue weighted by atomic mass is 9.98. The van der Waals surface area contributed by atoms with E-state index in [1.54, 1.807) is 0 Å². The van der Waals surface area contributed by atoms with E-state index in [9.17, 15) is 4.79 Å². The highest BCUT2D eigenvalue weighted by atomic mass is 16.5. The fraction of sp³-hybridized carbons (Fsp3) is 0.588. The molecule has 1 aromatic rings. The zero-order chi connectivity index (χ0) is 15.3. The summed E-state index contributed by atoms with van der Waals surface area (Å²) >= 11 is 0. The molecule has 116 valence electrons. The highest BCUT2D eigenvalue weighted by Crippen LogP contribution is 2.26. The molecule has 0 saturated carbocycles. The predicted molar refractivity (Wildman–Crippen MR) is 82.7 cm³/mol. The van der Waals surface area contributed by atoms with Gasteiger partial charge in [-0.15, -0.1) is 0 Å². The van der Waals surface area contributed by atoms with Gasteiger partial charge < -0.3 is 14.8 Å². The minimum absolute atomic E-state index is 0.248. The normalized spacial score (nSPS) is 16.1. The van der Waals surface area contributed by atoms with Gasteiger partial charge in [-0.2, -0.15) is 0 Å². The molecule has 1 atom stereocenters. The molecule has 1 aromatic carbocycles. The van der Waals surface area contributed by atoms with Crippen molar-refractivity contribution in [3.63, 3.8) is 0 Å². The molecule has 1 N–H and O–H groups in total. The third kappa shape index (κ3) is 3.76. The van der Waals surface area contributed by atoms with Gasteiger partial charge in [0.1, 0.15) is 11.3 Å². The van der Waals surface area contributed by atoms with Crippen molar-refractivity contribution in [2.75, 3.05) is 20.3 Å². The van der Waals surface area contributed by atoms with Crippen LogP contribution in [0.2, 0.25) is 0 Å². The zero-order valence-electron chi connectivity index (χ0n) is 13.2. The largest absolute Gasteiger partial charge is 0.493 e. The van der Waals surface area contributed by atoms with Gasteiger partial charge in [-0.1, -0.05) is 13.0 Å². The maximum Gasteiger partial charge on any atom is 0.325 e. The van der Waals surface area contributed by atoms with Crippen molar-refractivity contribution in [1.82, 2.24) is 5.32 Å². The molecule has 0 heterocycles. The number of ether oxygens (including phenoxy) is 2. The Morgan fingerprint density at radius 1 is 1.33 bits per heavy atom. The number of aryl methyl sites for hydroxylation is 2. The average molecular weight is 291 g/mol. The summed E-state index contributed by atoms with van der Waals surface area (Å²) in [4.78, 5) is 11.9. The maximum absolute atomic E-state index is 11.9. The molecule has 21 heavy (non-hydrogen) atoms. The Labute approximate surface area is 126 Å². The van der Waals surface area contributed by atoms with Crippen molar-refractivity contribution in [2.24, 2.45) is 0 Å². The summed E-state index contributed by atoms with van der Waals surface area (Å²) in [6, 6.07) is 6.30. The fourth-order valence-corrected chi connectivity index (χ4v) is 2.89. The Balaban J connectivity index is 1.91. The smallest absolute Gasteiger partial charge is 0.325 e. The summed E-state index contributed by atoms with van der Waals surface area (Å²) in [6.07, 6.45) is 4.13. The van der Waals surface area contributed by atoms with Crippen LogP contribution < -0.4 is 10.1 Å². The minimum Gasteiger partial charge on any atom is -0.493 e. The van der Waals surface area contributed by atoms with Gasteiger partial charge in [0.05, 0.1) is 13.7 Å². The Bertz CT molecular complexity index is 501. The first-order valence-corrected chi connectivity index (χ1v) is 7.67. The SMILES string of the molecule is CCNC(C)(CCOc1ccc2c(c1)CCC2)C(=O)OC. The van der Waals surface area contributed by atoms with Crippen molar-refractivity contribution in [1.29, 1.82) is 0 Å². The maximum atomic E-state index is 11.9. The van der Waals surface area contributed by atoms with Crippen LogP contribution in [0, 0.1) is 0 Å². The summed E-state index contributed by atoms with van der Waals surface area (Å²) in [5.41, 5.74) is 2.14. The number of hydrogen-bond donors (Lipinski definition) is 1. The van der Waals surface area contributed by atoms with Gasteiger partial charge in [-0.05, 0) is 56.0 Å². The van der Waals surface area contributed by atoms with Gasteiger partial charge in [-0.3, -0.25) is 4.79 Å². The third-order valence-corrected chi connectivity index (χ3v) is 4.14. The first-order valence-electron chi connectivity index (χ1n) is 7.67. The number of carbonyl (C=O) groups excluding carboxylic acids is 1. The molecule has 1 unspecified atom stereocenters. The number of hydrogen-bond acceptors (Lipinski definition) is 4. The van der Waals surface area contributed by atoms with Crippen LogP contribution in [0.4, 0.5) is 0 Å². The molecule has 1 aliphatic carbocycles. The van der Waals surface area contributed by atoms with E-state index in [2.05, 4.69) is 17.4 Å². The minimum atomic E-state index is -0.694. The second-order valence-corrected chi connectivity index (χ2v) is 5.74. The van der Waals surface area contributed by atoms with Crippen LogP contribution >= 0.6 is 0 Å². The molecule has 0 aliphatic heterocycles. The topological polar surface area (TPSA) is 47.6 Å². The van der Waals surface area contributed by atoms with Crippen molar-refractivity contribution in [2.45, 2.75) is 45.1 Å². The number of methoxy groups -OCH3 is 1. The van der Waals surface area contributed by atoms with E-state index in [1.165, 1.54) is 31.1 Å². The number of fused-ring (bicyclic) bond motifs is 1. The quantitative estimate of drug-likeness (QED) is 0.784. The number of nitrogens with one attached hydrogen (secondary N) is 1. The molecular formula is C17H25NO3. The lowest BCUT2D eigenvalue weighted by Gasteiger charge is -2.27. The molecule has 1 aliphatic rings. The Kier molecular flexibility index (Phi) is 5.23. The number of esters is 1.